The molecule has 1 aliphatic heterocycles. The molecule has 2 rings (SSSR count). The van der Waals surface area contributed by atoms with Crippen molar-refractivity contribution in [3.63, 3.8) is 0 Å². The van der Waals surface area contributed by atoms with E-state index in [2.05, 4.69) is 5.32 Å². The Morgan fingerprint density at radius 1 is 1.33 bits per heavy atom. The number of rotatable bonds is 0. The van der Waals surface area contributed by atoms with Crippen LogP contribution in [0.5, 0.6) is 0 Å². The standard InChI is InChI=1S/C7H12NO/c9-6-5-8-4-3-7(6)1-2-7/h6,8H,1-5H2. The third kappa shape index (κ3) is 0.775. The van der Waals surface area contributed by atoms with Crippen LogP contribution in [0.4, 0.5) is 0 Å². The monoisotopic (exact) mass is 126 g/mol. The van der Waals surface area contributed by atoms with Crippen molar-refractivity contribution in [1.29, 1.82) is 0 Å². The highest BCUT2D eigenvalue weighted by Crippen LogP contribution is 2.52. The molecule has 2 aliphatic rings. The van der Waals surface area contributed by atoms with Crippen LogP contribution in [0, 0.1) is 5.41 Å². The lowest BCUT2D eigenvalue weighted by Crippen LogP contribution is -2.40. The van der Waals surface area contributed by atoms with Gasteiger partial charge < -0.3 is 5.32 Å². The summed E-state index contributed by atoms with van der Waals surface area (Å²) in [5.74, 6) is 0. The van der Waals surface area contributed by atoms with Gasteiger partial charge in [0.25, 0.3) is 0 Å². The van der Waals surface area contributed by atoms with Gasteiger partial charge in [-0.15, -0.1) is 0 Å². The van der Waals surface area contributed by atoms with Crippen LogP contribution < -0.4 is 5.32 Å². The van der Waals surface area contributed by atoms with E-state index < -0.39 is 0 Å². The van der Waals surface area contributed by atoms with Crippen molar-refractivity contribution in [2.75, 3.05) is 13.1 Å². The summed E-state index contributed by atoms with van der Waals surface area (Å²) in [5.41, 5.74) is 0.269. The van der Waals surface area contributed by atoms with Gasteiger partial charge in [0, 0.05) is 12.0 Å². The van der Waals surface area contributed by atoms with E-state index in [0.717, 1.165) is 13.0 Å². The molecule has 51 valence electrons. The summed E-state index contributed by atoms with van der Waals surface area (Å²) < 4.78 is 0. The van der Waals surface area contributed by atoms with Gasteiger partial charge in [-0.3, -0.25) is 0 Å². The molecule has 1 saturated carbocycles. The minimum Gasteiger partial charge on any atom is -0.314 e. The summed E-state index contributed by atoms with van der Waals surface area (Å²) in [7, 11) is 0. The van der Waals surface area contributed by atoms with E-state index >= 15 is 0 Å². The summed E-state index contributed by atoms with van der Waals surface area (Å²) in [5, 5.41) is 14.3. The molecule has 0 aromatic heterocycles. The lowest BCUT2D eigenvalue weighted by Gasteiger charge is -2.26. The molecule has 1 atom stereocenters. The largest absolute Gasteiger partial charge is 0.314 e. The maximum Gasteiger partial charge on any atom is 0.111 e. The second-order valence-corrected chi connectivity index (χ2v) is 3.31. The number of piperidine rings is 1. The van der Waals surface area contributed by atoms with E-state index in [1.165, 1.54) is 12.8 Å². The summed E-state index contributed by atoms with van der Waals surface area (Å²) in [6.07, 6.45) is 3.22. The van der Waals surface area contributed by atoms with Crippen LogP contribution in [0.1, 0.15) is 19.3 Å². The molecule has 2 nitrogen and oxygen atoms in total. The molecule has 9 heavy (non-hydrogen) atoms. The third-order valence-electron chi connectivity index (χ3n) is 2.70. The second kappa shape index (κ2) is 1.70. The normalized spacial score (nSPS) is 39.0. The van der Waals surface area contributed by atoms with Crippen LogP contribution >= 0.6 is 0 Å². The van der Waals surface area contributed by atoms with Crippen molar-refractivity contribution in [1.82, 2.24) is 5.32 Å². The van der Waals surface area contributed by atoms with Crippen molar-refractivity contribution < 1.29 is 5.11 Å². The Hall–Kier alpha value is -0.0800. The number of nitrogens with one attached hydrogen (secondary N) is 1. The van der Waals surface area contributed by atoms with E-state index in [1.54, 1.807) is 0 Å². The molecule has 1 N–H and O–H groups in total. The molecule has 2 fully saturated rings. The van der Waals surface area contributed by atoms with E-state index in [-0.39, 0.29) is 11.5 Å². The van der Waals surface area contributed by atoms with Crippen LogP contribution in [0.3, 0.4) is 0 Å². The van der Waals surface area contributed by atoms with E-state index in [0.29, 0.717) is 6.54 Å². The van der Waals surface area contributed by atoms with E-state index in [9.17, 15) is 5.11 Å². The maximum absolute atomic E-state index is 11.2. The Morgan fingerprint density at radius 2 is 2.11 bits per heavy atom. The summed E-state index contributed by atoms with van der Waals surface area (Å²) in [6.45, 7) is 1.78. The Kier molecular flexibility index (Phi) is 1.08. The van der Waals surface area contributed by atoms with Gasteiger partial charge in [-0.25, -0.2) is 5.11 Å². The third-order valence-corrected chi connectivity index (χ3v) is 2.70. The fourth-order valence-corrected chi connectivity index (χ4v) is 1.68. The van der Waals surface area contributed by atoms with Gasteiger partial charge in [-0.1, -0.05) is 0 Å². The van der Waals surface area contributed by atoms with Gasteiger partial charge in [-0.2, -0.15) is 0 Å². The maximum atomic E-state index is 11.2. The average molecular weight is 126 g/mol. The predicted octanol–water partition coefficient (Wildman–Crippen LogP) is 0.559. The summed E-state index contributed by atoms with van der Waals surface area (Å²) in [4.78, 5) is 0. The van der Waals surface area contributed by atoms with Gasteiger partial charge in [-0.05, 0) is 25.8 Å². The van der Waals surface area contributed by atoms with E-state index in [4.69, 9.17) is 0 Å². The number of hydrogen-bond donors (Lipinski definition) is 1. The van der Waals surface area contributed by atoms with Gasteiger partial charge in [0.15, 0.2) is 0 Å². The quantitative estimate of drug-likeness (QED) is 0.505. The molecule has 1 aliphatic carbocycles. The molecular weight excluding hydrogens is 114 g/mol. The first-order chi connectivity index (χ1) is 4.33. The molecule has 1 unspecified atom stereocenters. The predicted molar refractivity (Wildman–Crippen MR) is 33.6 cm³/mol. The van der Waals surface area contributed by atoms with Gasteiger partial charge in [0.1, 0.15) is 6.10 Å². The lowest BCUT2D eigenvalue weighted by atomic mass is 9.92. The lowest BCUT2D eigenvalue weighted by molar-refractivity contribution is 0.00571. The second-order valence-electron chi connectivity index (χ2n) is 3.31. The molecule has 0 aromatic rings. The fourth-order valence-electron chi connectivity index (χ4n) is 1.68. The van der Waals surface area contributed by atoms with Crippen LogP contribution in [0.2, 0.25) is 0 Å². The molecule has 1 radical (unpaired) electrons. The molecule has 1 heterocycles. The van der Waals surface area contributed by atoms with Gasteiger partial charge in [0.05, 0.1) is 0 Å². The fraction of sp³-hybridized carbons (Fsp3) is 1.00. The molecule has 1 spiro atoms. The highest BCUT2D eigenvalue weighted by molar-refractivity contribution is 5.01. The first-order valence-electron chi connectivity index (χ1n) is 3.70. The zero-order valence-corrected chi connectivity index (χ0v) is 5.52. The summed E-state index contributed by atoms with van der Waals surface area (Å²) >= 11 is 0. The van der Waals surface area contributed by atoms with Crippen molar-refractivity contribution in [3.05, 3.63) is 0 Å². The highest BCUT2D eigenvalue weighted by Gasteiger charge is 2.50. The first kappa shape index (κ1) is 5.69. The van der Waals surface area contributed by atoms with Crippen LogP contribution in [0.25, 0.3) is 0 Å². The zero-order valence-electron chi connectivity index (χ0n) is 5.52. The minimum absolute atomic E-state index is 0.269. The van der Waals surface area contributed by atoms with Crippen molar-refractivity contribution in [2.45, 2.75) is 25.4 Å². The van der Waals surface area contributed by atoms with Crippen molar-refractivity contribution in [3.8, 4) is 0 Å². The average Bonchev–Trinajstić information content (AvgIpc) is 2.60. The zero-order chi connectivity index (χ0) is 6.32. The van der Waals surface area contributed by atoms with Crippen LogP contribution in [-0.2, 0) is 5.11 Å². The van der Waals surface area contributed by atoms with Gasteiger partial charge in [0.2, 0.25) is 0 Å². The Labute approximate surface area is 55.3 Å². The van der Waals surface area contributed by atoms with Crippen molar-refractivity contribution >= 4 is 0 Å². The Balaban J connectivity index is 2.03. The SMILES string of the molecule is [O]C1CNCCC12CC2. The molecule has 0 aromatic carbocycles. The molecular formula is C7H12NO. The molecule has 1 saturated heterocycles. The van der Waals surface area contributed by atoms with E-state index in [1.807, 2.05) is 0 Å². The van der Waals surface area contributed by atoms with Gasteiger partial charge >= 0.3 is 0 Å². The molecule has 0 bridgehead atoms. The summed E-state index contributed by atoms with van der Waals surface area (Å²) in [6, 6.07) is 0. The van der Waals surface area contributed by atoms with Crippen LogP contribution in [0.15, 0.2) is 0 Å². The minimum atomic E-state index is -0.300. The molecule has 0 amide bonds. The van der Waals surface area contributed by atoms with Crippen molar-refractivity contribution in [2.24, 2.45) is 5.41 Å². The van der Waals surface area contributed by atoms with Crippen LogP contribution in [-0.4, -0.2) is 19.2 Å². The molecule has 2 heteroatoms. The topological polar surface area (TPSA) is 31.9 Å². The smallest absolute Gasteiger partial charge is 0.111 e. The highest BCUT2D eigenvalue weighted by atomic mass is 16.3. The first-order valence-corrected chi connectivity index (χ1v) is 3.70. The Morgan fingerprint density at radius 3 is 2.56 bits per heavy atom. The number of hydrogen-bond acceptors (Lipinski definition) is 1. The Bertz CT molecular complexity index is 120.